The van der Waals surface area contributed by atoms with E-state index >= 15 is 0 Å². The minimum Gasteiger partial charge on any atom is -0.465 e. The second kappa shape index (κ2) is 3.37. The molecule has 4 heteroatoms. The van der Waals surface area contributed by atoms with Crippen LogP contribution in [-0.4, -0.2) is 25.1 Å². The third-order valence-electron chi connectivity index (χ3n) is 1.59. The van der Waals surface area contributed by atoms with Crippen molar-refractivity contribution in [2.24, 2.45) is 5.92 Å². The number of carbonyl (C=O) groups excluding carboxylic acids is 1. The summed E-state index contributed by atoms with van der Waals surface area (Å²) in [7, 11) is 0. The molecule has 0 bridgehead atoms. The SMILES string of the molecule is CCOC(=[NH2+])C1CCOC1=O. The lowest BCUT2D eigenvalue weighted by molar-refractivity contribution is -0.155. The van der Waals surface area contributed by atoms with Crippen molar-refractivity contribution in [3.8, 4) is 0 Å². The van der Waals surface area contributed by atoms with Gasteiger partial charge in [0.15, 0.2) is 5.92 Å². The van der Waals surface area contributed by atoms with Crippen molar-refractivity contribution >= 4 is 11.9 Å². The van der Waals surface area contributed by atoms with Crippen molar-refractivity contribution in [1.82, 2.24) is 0 Å². The number of ether oxygens (including phenoxy) is 2. The van der Waals surface area contributed by atoms with Gasteiger partial charge in [0.05, 0.1) is 13.2 Å². The van der Waals surface area contributed by atoms with Crippen molar-refractivity contribution in [2.45, 2.75) is 13.3 Å². The summed E-state index contributed by atoms with van der Waals surface area (Å²) in [5.41, 5.74) is 0. The van der Waals surface area contributed by atoms with Gasteiger partial charge in [0, 0.05) is 6.42 Å². The van der Waals surface area contributed by atoms with E-state index in [4.69, 9.17) is 14.9 Å². The first-order valence-corrected chi connectivity index (χ1v) is 3.67. The second-order valence-corrected chi connectivity index (χ2v) is 2.34. The molecule has 0 aliphatic carbocycles. The van der Waals surface area contributed by atoms with Crippen molar-refractivity contribution < 1.29 is 19.7 Å². The molecule has 0 amide bonds. The van der Waals surface area contributed by atoms with Crippen LogP contribution in [0.15, 0.2) is 0 Å². The first kappa shape index (κ1) is 8.04. The van der Waals surface area contributed by atoms with Crippen LogP contribution in [0.5, 0.6) is 0 Å². The Bertz CT molecular complexity index is 179. The average Bonchev–Trinajstić information content (AvgIpc) is 2.36. The molecule has 0 aromatic carbocycles. The normalized spacial score (nSPS) is 23.0. The number of hydrogen-bond acceptors (Lipinski definition) is 3. The summed E-state index contributed by atoms with van der Waals surface area (Å²) in [6.07, 6.45) is 0.644. The Kier molecular flexibility index (Phi) is 2.46. The number of cyclic esters (lactones) is 1. The zero-order valence-corrected chi connectivity index (χ0v) is 6.50. The summed E-state index contributed by atoms with van der Waals surface area (Å²) >= 11 is 0. The van der Waals surface area contributed by atoms with Gasteiger partial charge in [-0.1, -0.05) is 0 Å². The van der Waals surface area contributed by atoms with Gasteiger partial charge < -0.3 is 9.47 Å². The highest BCUT2D eigenvalue weighted by Gasteiger charge is 2.35. The first-order chi connectivity index (χ1) is 5.25. The lowest BCUT2D eigenvalue weighted by Gasteiger charge is -2.01. The van der Waals surface area contributed by atoms with E-state index in [1.54, 1.807) is 0 Å². The average molecular weight is 158 g/mol. The standard InChI is InChI=1S/C7H11NO3/c1-2-10-6(8)5-3-4-11-7(5)9/h5,8H,2-4H2,1H3/p+1. The van der Waals surface area contributed by atoms with Crippen LogP contribution in [0.4, 0.5) is 0 Å². The van der Waals surface area contributed by atoms with Crippen LogP contribution in [0.2, 0.25) is 0 Å². The third-order valence-corrected chi connectivity index (χ3v) is 1.59. The Hall–Kier alpha value is -1.06. The Labute approximate surface area is 65.0 Å². The minimum atomic E-state index is -0.338. The molecule has 1 fully saturated rings. The van der Waals surface area contributed by atoms with Gasteiger partial charge >= 0.3 is 11.9 Å². The summed E-state index contributed by atoms with van der Waals surface area (Å²) in [4.78, 5) is 10.9. The maximum absolute atomic E-state index is 10.9. The van der Waals surface area contributed by atoms with E-state index in [1.165, 1.54) is 0 Å². The van der Waals surface area contributed by atoms with E-state index in [-0.39, 0.29) is 17.8 Å². The number of carbonyl (C=O) groups is 1. The Morgan fingerprint density at radius 2 is 2.64 bits per heavy atom. The van der Waals surface area contributed by atoms with Crippen LogP contribution in [0.25, 0.3) is 0 Å². The van der Waals surface area contributed by atoms with Crippen molar-refractivity contribution in [1.29, 1.82) is 0 Å². The van der Waals surface area contributed by atoms with E-state index in [1.807, 2.05) is 6.92 Å². The van der Waals surface area contributed by atoms with E-state index in [9.17, 15) is 4.79 Å². The van der Waals surface area contributed by atoms with Gasteiger partial charge in [-0.3, -0.25) is 4.79 Å². The fraction of sp³-hybridized carbons (Fsp3) is 0.714. The van der Waals surface area contributed by atoms with Gasteiger partial charge in [-0.05, 0) is 6.92 Å². The zero-order valence-electron chi connectivity index (χ0n) is 6.50. The van der Waals surface area contributed by atoms with Gasteiger partial charge in [-0.15, -0.1) is 0 Å². The highest BCUT2D eigenvalue weighted by atomic mass is 16.5. The molecule has 2 N–H and O–H groups in total. The summed E-state index contributed by atoms with van der Waals surface area (Å²) in [6.45, 7) is 2.78. The molecule has 11 heavy (non-hydrogen) atoms. The van der Waals surface area contributed by atoms with Gasteiger partial charge in [0.1, 0.15) is 0 Å². The third kappa shape index (κ3) is 1.69. The summed E-state index contributed by atoms with van der Waals surface area (Å²) < 4.78 is 9.70. The second-order valence-electron chi connectivity index (χ2n) is 2.34. The highest BCUT2D eigenvalue weighted by Crippen LogP contribution is 2.14. The first-order valence-electron chi connectivity index (χ1n) is 3.67. The van der Waals surface area contributed by atoms with E-state index in [0.29, 0.717) is 19.6 Å². The van der Waals surface area contributed by atoms with E-state index in [0.717, 1.165) is 0 Å². The number of hydrogen-bond donors (Lipinski definition) is 1. The predicted molar refractivity (Wildman–Crippen MR) is 37.6 cm³/mol. The molecule has 1 aliphatic rings. The maximum Gasteiger partial charge on any atom is 0.347 e. The van der Waals surface area contributed by atoms with Crippen LogP contribution >= 0.6 is 0 Å². The van der Waals surface area contributed by atoms with Crippen LogP contribution in [0.3, 0.4) is 0 Å². The number of nitrogens with two attached hydrogens (primary N) is 1. The number of rotatable bonds is 2. The van der Waals surface area contributed by atoms with Crippen LogP contribution < -0.4 is 5.41 Å². The summed E-state index contributed by atoms with van der Waals surface area (Å²) in [5, 5.41) is 5.47. The molecule has 0 aromatic rings. The predicted octanol–water partition coefficient (Wildman–Crippen LogP) is -1.26. The van der Waals surface area contributed by atoms with Gasteiger partial charge in [-0.25, -0.2) is 5.41 Å². The molecular weight excluding hydrogens is 146 g/mol. The Balaban J connectivity index is 2.46. The summed E-state index contributed by atoms with van der Waals surface area (Å²) in [6, 6.07) is 0. The van der Waals surface area contributed by atoms with Crippen LogP contribution in [0.1, 0.15) is 13.3 Å². The van der Waals surface area contributed by atoms with Gasteiger partial charge in [0.25, 0.3) is 0 Å². The molecule has 1 rings (SSSR count). The lowest BCUT2D eigenvalue weighted by Crippen LogP contribution is -2.47. The molecule has 0 spiro atoms. The zero-order chi connectivity index (χ0) is 8.27. The quantitative estimate of drug-likeness (QED) is 0.310. The monoisotopic (exact) mass is 158 g/mol. The van der Waals surface area contributed by atoms with Crippen molar-refractivity contribution in [3.63, 3.8) is 0 Å². The molecule has 1 aliphatic heterocycles. The molecule has 4 nitrogen and oxygen atoms in total. The van der Waals surface area contributed by atoms with E-state index < -0.39 is 0 Å². The molecule has 62 valence electrons. The van der Waals surface area contributed by atoms with Crippen molar-refractivity contribution in [3.05, 3.63) is 0 Å². The van der Waals surface area contributed by atoms with Crippen molar-refractivity contribution in [2.75, 3.05) is 13.2 Å². The van der Waals surface area contributed by atoms with Gasteiger partial charge in [0.2, 0.25) is 0 Å². The van der Waals surface area contributed by atoms with Gasteiger partial charge in [-0.2, -0.15) is 0 Å². The molecule has 0 saturated carbocycles. The summed E-state index contributed by atoms with van der Waals surface area (Å²) in [5.74, 6) is -0.319. The minimum absolute atomic E-state index is 0.268. The fourth-order valence-corrected chi connectivity index (χ4v) is 1.02. The smallest absolute Gasteiger partial charge is 0.347 e. The molecule has 1 saturated heterocycles. The molecule has 1 atom stereocenters. The Morgan fingerprint density at radius 3 is 3.09 bits per heavy atom. The fourth-order valence-electron chi connectivity index (χ4n) is 1.02. The molecule has 0 radical (unpaired) electrons. The Morgan fingerprint density at radius 1 is 1.91 bits per heavy atom. The topological polar surface area (TPSA) is 61.1 Å². The molecular formula is C7H12NO3+. The molecule has 1 unspecified atom stereocenters. The van der Waals surface area contributed by atoms with Crippen LogP contribution in [0, 0.1) is 5.92 Å². The van der Waals surface area contributed by atoms with Crippen LogP contribution in [-0.2, 0) is 14.3 Å². The largest absolute Gasteiger partial charge is 0.465 e. The lowest BCUT2D eigenvalue weighted by atomic mass is 10.1. The molecule has 0 aromatic heterocycles. The highest BCUT2D eigenvalue weighted by molar-refractivity contribution is 5.95. The maximum atomic E-state index is 10.9. The molecule has 1 heterocycles. The number of esters is 1. The van der Waals surface area contributed by atoms with E-state index in [2.05, 4.69) is 0 Å².